The van der Waals surface area contributed by atoms with E-state index in [1.54, 1.807) is 0 Å². The van der Waals surface area contributed by atoms with Crippen molar-refractivity contribution in [3.63, 3.8) is 0 Å². The molecule has 0 saturated heterocycles. The highest BCUT2D eigenvalue weighted by Gasteiger charge is 2.22. The van der Waals surface area contributed by atoms with Gasteiger partial charge < -0.3 is 10.8 Å². The first-order chi connectivity index (χ1) is 15.2. The third-order valence-electron chi connectivity index (χ3n) is 5.11. The molecule has 0 amide bonds. The van der Waals surface area contributed by atoms with Gasteiger partial charge in [0.15, 0.2) is 0 Å². The molecule has 7 heteroatoms. The van der Waals surface area contributed by atoms with Gasteiger partial charge >= 0.3 is 0 Å². The molecule has 2 unspecified atom stereocenters. The minimum Gasteiger partial charge on any atom is -0.391 e. The standard InChI is InChI=1S/C24H32N4OP2/c1-30-27-28(16-20-10-12-21(13-11-20)22-9-5-6-14-26-22)17-23(29)24(31-18-25)15-19-7-3-2-4-8-19/h2-14,23-24,27,29-31H,15-18,25H2,1H3/t23-,24-/m0/s1. The van der Waals surface area contributed by atoms with Crippen LogP contribution in [-0.4, -0.2) is 46.4 Å². The molecular weight excluding hydrogens is 422 g/mol. The minimum absolute atomic E-state index is 0.156. The minimum atomic E-state index is -0.446. The zero-order valence-corrected chi connectivity index (χ0v) is 19.9. The van der Waals surface area contributed by atoms with E-state index in [2.05, 4.69) is 58.3 Å². The Kier molecular flexibility index (Phi) is 10.0. The van der Waals surface area contributed by atoms with Crippen molar-refractivity contribution in [2.75, 3.05) is 19.5 Å². The van der Waals surface area contributed by atoms with Gasteiger partial charge in [0, 0.05) is 36.8 Å². The number of hydrogen-bond donors (Lipinski definition) is 3. The highest BCUT2D eigenvalue weighted by atomic mass is 31.1. The first kappa shape index (κ1) is 23.9. The Balaban J connectivity index is 1.63. The smallest absolute Gasteiger partial charge is 0.0749 e. The number of aliphatic hydroxyl groups excluding tert-OH is 1. The summed E-state index contributed by atoms with van der Waals surface area (Å²) in [5.41, 5.74) is 10.5. The fourth-order valence-electron chi connectivity index (χ4n) is 3.56. The van der Waals surface area contributed by atoms with Crippen molar-refractivity contribution in [3.05, 3.63) is 90.1 Å². The summed E-state index contributed by atoms with van der Waals surface area (Å²) in [6.45, 7) is 3.39. The second kappa shape index (κ2) is 13.0. The third kappa shape index (κ3) is 7.73. The molecule has 164 valence electrons. The van der Waals surface area contributed by atoms with E-state index in [1.165, 1.54) is 11.1 Å². The average molecular weight is 454 g/mol. The van der Waals surface area contributed by atoms with Gasteiger partial charge in [-0.05, 0) is 45.1 Å². The van der Waals surface area contributed by atoms with Crippen LogP contribution < -0.4 is 10.9 Å². The Morgan fingerprint density at radius 2 is 1.74 bits per heavy atom. The molecule has 0 radical (unpaired) electrons. The molecule has 1 heterocycles. The maximum Gasteiger partial charge on any atom is 0.0749 e. The van der Waals surface area contributed by atoms with Crippen LogP contribution in [0, 0.1) is 0 Å². The monoisotopic (exact) mass is 454 g/mol. The number of hydrazine groups is 1. The fourth-order valence-corrected chi connectivity index (χ4v) is 5.11. The normalized spacial score (nSPS) is 14.1. The molecule has 31 heavy (non-hydrogen) atoms. The molecule has 0 aliphatic carbocycles. The lowest BCUT2D eigenvalue weighted by molar-refractivity contribution is 0.0950. The molecule has 3 aromatic rings. The molecule has 3 rings (SSSR count). The van der Waals surface area contributed by atoms with Gasteiger partial charge in [0.25, 0.3) is 0 Å². The number of pyridine rings is 1. The van der Waals surface area contributed by atoms with Gasteiger partial charge in [0.05, 0.1) is 11.8 Å². The Morgan fingerprint density at radius 3 is 2.39 bits per heavy atom. The molecule has 2 aromatic carbocycles. The number of aromatic nitrogens is 1. The SMILES string of the molecule is CPNN(Cc1ccc(-c2ccccn2)cc1)C[C@H](O)[C@H](Cc1ccccc1)PCN. The van der Waals surface area contributed by atoms with Crippen molar-refractivity contribution in [2.24, 2.45) is 5.73 Å². The molecule has 1 aromatic heterocycles. The van der Waals surface area contributed by atoms with E-state index >= 15 is 0 Å². The fraction of sp³-hybridized carbons (Fsp3) is 0.292. The second-order valence-corrected chi connectivity index (χ2v) is 9.71. The lowest BCUT2D eigenvalue weighted by Gasteiger charge is -2.29. The lowest BCUT2D eigenvalue weighted by Crippen LogP contribution is -2.42. The molecule has 0 fully saturated rings. The van der Waals surface area contributed by atoms with Gasteiger partial charge in [0.1, 0.15) is 0 Å². The van der Waals surface area contributed by atoms with Crippen molar-refractivity contribution in [1.82, 2.24) is 15.2 Å². The van der Waals surface area contributed by atoms with E-state index in [1.807, 2.05) is 42.6 Å². The quantitative estimate of drug-likeness (QED) is 0.286. The summed E-state index contributed by atoms with van der Waals surface area (Å²) in [4.78, 5) is 4.42. The van der Waals surface area contributed by atoms with Crippen molar-refractivity contribution in [1.29, 1.82) is 0 Å². The summed E-state index contributed by atoms with van der Waals surface area (Å²) < 4.78 is 0. The van der Waals surface area contributed by atoms with E-state index in [4.69, 9.17) is 5.73 Å². The van der Waals surface area contributed by atoms with Crippen LogP contribution in [0.25, 0.3) is 11.3 Å². The van der Waals surface area contributed by atoms with E-state index in [-0.39, 0.29) is 5.66 Å². The summed E-state index contributed by atoms with van der Waals surface area (Å²) in [5.74, 6) is 0. The van der Waals surface area contributed by atoms with Crippen molar-refractivity contribution in [3.8, 4) is 11.3 Å². The summed E-state index contributed by atoms with van der Waals surface area (Å²) in [7, 11) is 1.10. The van der Waals surface area contributed by atoms with Crippen LogP contribution in [0.1, 0.15) is 11.1 Å². The summed E-state index contributed by atoms with van der Waals surface area (Å²) in [5, 5.41) is 16.6. The zero-order chi connectivity index (χ0) is 21.9. The lowest BCUT2D eigenvalue weighted by atomic mass is 10.1. The Labute approximate surface area is 189 Å². The number of hydrogen-bond acceptors (Lipinski definition) is 5. The van der Waals surface area contributed by atoms with Crippen LogP contribution in [0.4, 0.5) is 0 Å². The molecule has 0 saturated carbocycles. The van der Waals surface area contributed by atoms with E-state index < -0.39 is 6.10 Å². The molecule has 5 nitrogen and oxygen atoms in total. The van der Waals surface area contributed by atoms with Gasteiger partial charge in [-0.1, -0.05) is 60.7 Å². The second-order valence-electron chi connectivity index (χ2n) is 7.43. The van der Waals surface area contributed by atoms with Crippen molar-refractivity contribution < 1.29 is 5.11 Å². The molecule has 4 atom stereocenters. The van der Waals surface area contributed by atoms with Crippen LogP contribution in [0.2, 0.25) is 0 Å². The molecule has 4 N–H and O–H groups in total. The number of benzene rings is 2. The van der Waals surface area contributed by atoms with Crippen LogP contribution in [-0.2, 0) is 13.0 Å². The molecule has 0 aliphatic heterocycles. The zero-order valence-electron chi connectivity index (χ0n) is 17.9. The third-order valence-corrected chi connectivity index (χ3v) is 7.00. The predicted octanol–water partition coefficient (Wildman–Crippen LogP) is 3.85. The highest BCUT2D eigenvalue weighted by molar-refractivity contribution is 7.38. The van der Waals surface area contributed by atoms with Crippen molar-refractivity contribution in [2.45, 2.75) is 24.7 Å². The number of nitrogens with one attached hydrogen (secondary N) is 1. The average Bonchev–Trinajstić information content (AvgIpc) is 2.81. The van der Waals surface area contributed by atoms with Gasteiger partial charge in [-0.15, -0.1) is 8.58 Å². The number of rotatable bonds is 12. The number of nitrogens with zero attached hydrogens (tertiary/aromatic N) is 2. The van der Waals surface area contributed by atoms with Crippen LogP contribution >= 0.6 is 17.3 Å². The molecule has 0 bridgehead atoms. The van der Waals surface area contributed by atoms with Crippen molar-refractivity contribution >= 4 is 17.3 Å². The van der Waals surface area contributed by atoms with Crippen LogP contribution in [0.15, 0.2) is 79.0 Å². The first-order valence-electron chi connectivity index (χ1n) is 10.5. The largest absolute Gasteiger partial charge is 0.391 e. The van der Waals surface area contributed by atoms with Gasteiger partial charge in [-0.3, -0.25) is 4.98 Å². The van der Waals surface area contributed by atoms with Gasteiger partial charge in [-0.25, -0.2) is 10.2 Å². The van der Waals surface area contributed by atoms with Gasteiger partial charge in [0.2, 0.25) is 0 Å². The summed E-state index contributed by atoms with van der Waals surface area (Å²) in [6, 6.07) is 24.8. The molecule has 0 spiro atoms. The molecule has 0 aliphatic rings. The highest BCUT2D eigenvalue weighted by Crippen LogP contribution is 2.25. The van der Waals surface area contributed by atoms with E-state index in [0.29, 0.717) is 30.1 Å². The van der Waals surface area contributed by atoms with E-state index in [9.17, 15) is 5.11 Å². The van der Waals surface area contributed by atoms with Gasteiger partial charge in [-0.2, -0.15) is 0 Å². The Morgan fingerprint density at radius 1 is 1.00 bits per heavy atom. The predicted molar refractivity (Wildman–Crippen MR) is 135 cm³/mol. The van der Waals surface area contributed by atoms with E-state index in [0.717, 1.165) is 24.2 Å². The number of nitrogens with two attached hydrogens (primary N) is 1. The maximum absolute atomic E-state index is 11.0. The topological polar surface area (TPSA) is 74.4 Å². The maximum atomic E-state index is 11.0. The Hall–Kier alpha value is -1.71. The Bertz CT molecular complexity index is 881. The number of aliphatic hydroxyl groups is 1. The van der Waals surface area contributed by atoms with Crippen LogP contribution in [0.3, 0.4) is 0 Å². The van der Waals surface area contributed by atoms with Crippen LogP contribution in [0.5, 0.6) is 0 Å². The summed E-state index contributed by atoms with van der Waals surface area (Å²) in [6.07, 6.45) is 2.82. The summed E-state index contributed by atoms with van der Waals surface area (Å²) >= 11 is 0. The molecular formula is C24H32N4OP2. The first-order valence-corrected chi connectivity index (χ1v) is 13.3.